The molecule has 0 radical (unpaired) electrons. The molecule has 1 nitrogen and oxygen atoms in total. The normalized spacial score (nSPS) is 12.4. The van der Waals surface area contributed by atoms with Gasteiger partial charge in [0.15, 0.2) is 0 Å². The van der Waals surface area contributed by atoms with Gasteiger partial charge in [-0.2, -0.15) is 0 Å². The lowest BCUT2D eigenvalue weighted by molar-refractivity contribution is 0.584. The molecule has 0 fully saturated rings. The van der Waals surface area contributed by atoms with E-state index in [1.807, 2.05) is 38.2 Å². The number of hydrogen-bond donors (Lipinski definition) is 1. The van der Waals surface area contributed by atoms with Crippen LogP contribution in [0.5, 0.6) is 0 Å². The molecule has 0 aliphatic heterocycles. The van der Waals surface area contributed by atoms with Crippen LogP contribution in [0.3, 0.4) is 0 Å². The van der Waals surface area contributed by atoms with Crippen LogP contribution in [0, 0.1) is 12.7 Å². The highest BCUT2D eigenvalue weighted by Crippen LogP contribution is 2.29. The summed E-state index contributed by atoms with van der Waals surface area (Å²) < 4.78 is 13.5. The van der Waals surface area contributed by atoms with Gasteiger partial charge >= 0.3 is 0 Å². The molecule has 1 unspecified atom stereocenters. The molecule has 0 aliphatic carbocycles. The Hall–Kier alpha value is -1.09. The largest absolute Gasteiger partial charge is 0.313 e. The van der Waals surface area contributed by atoms with E-state index in [9.17, 15) is 4.39 Å². The minimum absolute atomic E-state index is 0.0117. The number of likely N-dealkylation sites (N-methyl/N-ethyl adjacent to an activating group) is 1. The number of benzene rings is 2. The van der Waals surface area contributed by atoms with Gasteiger partial charge in [-0.25, -0.2) is 4.39 Å². The Kier molecular flexibility index (Phi) is 5.03. The highest BCUT2D eigenvalue weighted by Gasteiger charge is 2.16. The Morgan fingerprint density at radius 1 is 1.20 bits per heavy atom. The Balaban J connectivity index is 2.31. The molecule has 4 heteroatoms. The van der Waals surface area contributed by atoms with Gasteiger partial charge in [-0.05, 0) is 49.2 Å². The van der Waals surface area contributed by atoms with Gasteiger partial charge in [0, 0.05) is 11.1 Å². The number of rotatable bonds is 4. The summed E-state index contributed by atoms with van der Waals surface area (Å²) in [5, 5.41) is 4.09. The molecule has 0 aromatic heterocycles. The van der Waals surface area contributed by atoms with Crippen LogP contribution in [0.4, 0.5) is 4.39 Å². The van der Waals surface area contributed by atoms with Gasteiger partial charge in [0.05, 0.1) is 5.02 Å². The van der Waals surface area contributed by atoms with Crippen LogP contribution in [-0.4, -0.2) is 7.05 Å². The van der Waals surface area contributed by atoms with Crippen LogP contribution in [0.15, 0.2) is 36.4 Å². The van der Waals surface area contributed by atoms with E-state index in [2.05, 4.69) is 5.32 Å². The molecule has 0 spiro atoms. The van der Waals surface area contributed by atoms with E-state index < -0.39 is 5.82 Å². The summed E-state index contributed by atoms with van der Waals surface area (Å²) in [5.74, 6) is -0.394. The van der Waals surface area contributed by atoms with E-state index in [0.29, 0.717) is 11.4 Å². The molecule has 0 amide bonds. The zero-order valence-corrected chi connectivity index (χ0v) is 12.9. The maximum absolute atomic E-state index is 13.5. The van der Waals surface area contributed by atoms with Crippen molar-refractivity contribution < 1.29 is 4.39 Å². The van der Waals surface area contributed by atoms with E-state index in [1.165, 1.54) is 6.07 Å². The standard InChI is InChI=1S/C16H16Cl2FN/c1-10-6-7-12(13(17)8-10)15(20-2)9-11-4-3-5-14(19)16(11)18/h3-8,15,20H,9H2,1-2H3. The molecule has 0 saturated heterocycles. The molecule has 0 aliphatic rings. The molecule has 2 rings (SSSR count). The van der Waals surface area contributed by atoms with E-state index in [-0.39, 0.29) is 11.1 Å². The molecule has 0 saturated carbocycles. The topological polar surface area (TPSA) is 12.0 Å². The Morgan fingerprint density at radius 2 is 1.95 bits per heavy atom. The number of hydrogen-bond acceptors (Lipinski definition) is 1. The minimum atomic E-state index is -0.394. The quantitative estimate of drug-likeness (QED) is 0.843. The predicted molar refractivity (Wildman–Crippen MR) is 83.1 cm³/mol. The maximum Gasteiger partial charge on any atom is 0.142 e. The van der Waals surface area contributed by atoms with Crippen molar-refractivity contribution in [1.82, 2.24) is 5.32 Å². The van der Waals surface area contributed by atoms with E-state index in [4.69, 9.17) is 23.2 Å². The van der Waals surface area contributed by atoms with Crippen molar-refractivity contribution >= 4 is 23.2 Å². The smallest absolute Gasteiger partial charge is 0.142 e. The van der Waals surface area contributed by atoms with Crippen molar-refractivity contribution in [2.24, 2.45) is 0 Å². The molecule has 0 bridgehead atoms. The lowest BCUT2D eigenvalue weighted by Crippen LogP contribution is -2.19. The number of halogens is 3. The maximum atomic E-state index is 13.5. The van der Waals surface area contributed by atoms with Crippen LogP contribution >= 0.6 is 23.2 Å². The van der Waals surface area contributed by atoms with Crippen molar-refractivity contribution in [2.75, 3.05) is 7.05 Å². The summed E-state index contributed by atoms with van der Waals surface area (Å²) in [4.78, 5) is 0. The molecular weight excluding hydrogens is 296 g/mol. The van der Waals surface area contributed by atoms with E-state index in [0.717, 1.165) is 16.7 Å². The average Bonchev–Trinajstić information content (AvgIpc) is 2.41. The van der Waals surface area contributed by atoms with Crippen molar-refractivity contribution in [3.63, 3.8) is 0 Å². The third-order valence-electron chi connectivity index (χ3n) is 3.34. The summed E-state index contributed by atoms with van der Waals surface area (Å²) >= 11 is 12.3. The van der Waals surface area contributed by atoms with Crippen molar-refractivity contribution in [3.05, 3.63) is 69.0 Å². The number of nitrogens with one attached hydrogen (secondary N) is 1. The SMILES string of the molecule is CNC(Cc1cccc(F)c1Cl)c1ccc(C)cc1Cl. The first kappa shape index (κ1) is 15.3. The highest BCUT2D eigenvalue weighted by atomic mass is 35.5. The van der Waals surface area contributed by atoms with Gasteiger partial charge in [0.25, 0.3) is 0 Å². The summed E-state index contributed by atoms with van der Waals surface area (Å²) in [6.45, 7) is 1.99. The van der Waals surface area contributed by atoms with Crippen LogP contribution < -0.4 is 5.32 Å². The zero-order chi connectivity index (χ0) is 14.7. The van der Waals surface area contributed by atoms with Crippen LogP contribution in [0.25, 0.3) is 0 Å². The second kappa shape index (κ2) is 6.57. The fourth-order valence-electron chi connectivity index (χ4n) is 2.21. The molecule has 1 atom stereocenters. The number of aryl methyl sites for hydroxylation is 1. The van der Waals surface area contributed by atoms with Crippen LogP contribution in [0.2, 0.25) is 10.0 Å². The first-order valence-electron chi connectivity index (χ1n) is 6.39. The van der Waals surface area contributed by atoms with Crippen LogP contribution in [0.1, 0.15) is 22.7 Å². The zero-order valence-electron chi connectivity index (χ0n) is 11.4. The first-order chi connectivity index (χ1) is 9.52. The Morgan fingerprint density at radius 3 is 2.60 bits per heavy atom. The Labute approximate surface area is 128 Å². The molecule has 2 aromatic carbocycles. The molecule has 0 heterocycles. The Bertz CT molecular complexity index is 613. The molecule has 1 N–H and O–H groups in total. The van der Waals surface area contributed by atoms with Gasteiger partial charge in [0.2, 0.25) is 0 Å². The second-order valence-corrected chi connectivity index (χ2v) is 5.57. The van der Waals surface area contributed by atoms with Crippen molar-refractivity contribution in [1.29, 1.82) is 0 Å². The second-order valence-electron chi connectivity index (χ2n) is 4.78. The summed E-state index contributed by atoms with van der Waals surface area (Å²) in [5.41, 5.74) is 2.86. The van der Waals surface area contributed by atoms with E-state index >= 15 is 0 Å². The molecular formula is C16H16Cl2FN. The van der Waals surface area contributed by atoms with Crippen molar-refractivity contribution in [3.8, 4) is 0 Å². The van der Waals surface area contributed by atoms with Crippen LogP contribution in [-0.2, 0) is 6.42 Å². The fraction of sp³-hybridized carbons (Fsp3) is 0.250. The van der Waals surface area contributed by atoms with Gasteiger partial charge in [-0.1, -0.05) is 47.5 Å². The average molecular weight is 312 g/mol. The van der Waals surface area contributed by atoms with Gasteiger partial charge in [-0.15, -0.1) is 0 Å². The molecule has 2 aromatic rings. The van der Waals surface area contributed by atoms with Gasteiger partial charge in [-0.3, -0.25) is 0 Å². The van der Waals surface area contributed by atoms with Crippen molar-refractivity contribution in [2.45, 2.75) is 19.4 Å². The lowest BCUT2D eigenvalue weighted by atomic mass is 9.98. The summed E-state index contributed by atoms with van der Waals surface area (Å²) in [7, 11) is 1.86. The first-order valence-corrected chi connectivity index (χ1v) is 7.14. The van der Waals surface area contributed by atoms with Gasteiger partial charge in [0.1, 0.15) is 5.82 Å². The van der Waals surface area contributed by atoms with E-state index in [1.54, 1.807) is 6.07 Å². The predicted octanol–water partition coefficient (Wildman–Crippen LogP) is 4.94. The highest BCUT2D eigenvalue weighted by molar-refractivity contribution is 6.32. The monoisotopic (exact) mass is 311 g/mol. The summed E-state index contributed by atoms with van der Waals surface area (Å²) in [6, 6.07) is 10.8. The third kappa shape index (κ3) is 3.32. The fourth-order valence-corrected chi connectivity index (χ4v) is 2.78. The summed E-state index contributed by atoms with van der Waals surface area (Å²) in [6.07, 6.45) is 0.579. The molecule has 20 heavy (non-hydrogen) atoms. The van der Waals surface area contributed by atoms with Gasteiger partial charge < -0.3 is 5.32 Å². The molecule has 106 valence electrons. The lowest BCUT2D eigenvalue weighted by Gasteiger charge is -2.19. The minimum Gasteiger partial charge on any atom is -0.313 e. The third-order valence-corrected chi connectivity index (χ3v) is 4.09.